The van der Waals surface area contributed by atoms with Crippen LogP contribution < -0.4 is 28.4 Å². The van der Waals surface area contributed by atoms with Crippen LogP contribution in [0.1, 0.15) is 27.1 Å². The second-order valence-electron chi connectivity index (χ2n) is 11.7. The molecule has 0 saturated carbocycles. The Morgan fingerprint density at radius 1 is 0.471 bits per heavy atom. The van der Waals surface area contributed by atoms with Gasteiger partial charge in [0.15, 0.2) is 0 Å². The van der Waals surface area contributed by atoms with Gasteiger partial charge in [0, 0.05) is 6.42 Å². The van der Waals surface area contributed by atoms with Crippen molar-refractivity contribution >= 4 is 11.9 Å². The molecular weight excluding hydrogens is 644 g/mol. The van der Waals surface area contributed by atoms with Gasteiger partial charge in [-0.25, -0.2) is 9.59 Å². The fraction of sp³-hybridized carbons (Fsp3) is 0.116. The summed E-state index contributed by atoms with van der Waals surface area (Å²) < 4.78 is 34.9. The van der Waals surface area contributed by atoms with Crippen molar-refractivity contribution < 1.29 is 38.0 Å². The highest BCUT2D eigenvalue weighted by Crippen LogP contribution is 2.48. The van der Waals surface area contributed by atoms with Gasteiger partial charge in [0.05, 0.1) is 49.7 Å². The van der Waals surface area contributed by atoms with Crippen molar-refractivity contribution in [3.05, 3.63) is 145 Å². The van der Waals surface area contributed by atoms with Gasteiger partial charge in [-0.3, -0.25) is 0 Å². The molecule has 6 aromatic rings. The van der Waals surface area contributed by atoms with E-state index in [1.54, 1.807) is 74.9 Å². The van der Waals surface area contributed by atoms with Gasteiger partial charge >= 0.3 is 11.9 Å². The average molecular weight is 679 g/mol. The van der Waals surface area contributed by atoms with Crippen molar-refractivity contribution in [1.82, 2.24) is 0 Å². The zero-order valence-corrected chi connectivity index (χ0v) is 28.1. The number of methoxy groups -OCH3 is 2. The van der Waals surface area contributed by atoms with E-state index in [4.69, 9.17) is 28.4 Å². The largest absolute Gasteiger partial charge is 0.497 e. The number of esters is 2. The maximum atomic E-state index is 13.6. The number of ether oxygens (including phenoxy) is 6. The van der Waals surface area contributed by atoms with Crippen LogP contribution in [0.4, 0.5) is 0 Å². The molecule has 0 N–H and O–H groups in total. The maximum absolute atomic E-state index is 13.6. The maximum Gasteiger partial charge on any atom is 0.343 e. The first-order valence-corrected chi connectivity index (χ1v) is 16.5. The van der Waals surface area contributed by atoms with Gasteiger partial charge in [0.25, 0.3) is 0 Å². The summed E-state index contributed by atoms with van der Waals surface area (Å²) in [4.78, 5) is 27.1. The molecular formula is C43H34O8. The summed E-state index contributed by atoms with van der Waals surface area (Å²) in [6.45, 7) is 0.752. The van der Waals surface area contributed by atoms with Crippen LogP contribution in [0.15, 0.2) is 133 Å². The summed E-state index contributed by atoms with van der Waals surface area (Å²) in [6.07, 6.45) is 0.619. The Bertz CT molecular complexity index is 2000. The summed E-state index contributed by atoms with van der Waals surface area (Å²) in [5.74, 6) is 1.81. The van der Waals surface area contributed by atoms with Crippen LogP contribution >= 0.6 is 0 Å². The second-order valence-corrected chi connectivity index (χ2v) is 11.7. The number of hydrogen-bond acceptors (Lipinski definition) is 8. The lowest BCUT2D eigenvalue weighted by Gasteiger charge is -2.19. The molecule has 1 heterocycles. The van der Waals surface area contributed by atoms with Crippen molar-refractivity contribution in [3.8, 4) is 67.9 Å². The fourth-order valence-corrected chi connectivity index (χ4v) is 5.83. The number of carbonyl (C=O) groups is 2. The summed E-state index contributed by atoms with van der Waals surface area (Å²) in [6, 6.07) is 40.2. The van der Waals surface area contributed by atoms with E-state index in [1.165, 1.54) is 0 Å². The van der Waals surface area contributed by atoms with Crippen molar-refractivity contribution in [1.29, 1.82) is 0 Å². The molecule has 0 unspecified atom stereocenters. The highest BCUT2D eigenvalue weighted by molar-refractivity contribution is 5.96. The lowest BCUT2D eigenvalue weighted by Crippen LogP contribution is -2.11. The van der Waals surface area contributed by atoms with Crippen LogP contribution in [0.25, 0.3) is 33.4 Å². The third-order valence-corrected chi connectivity index (χ3v) is 8.52. The standard InChI is InChI=1S/C43H34O8/c1-46-34-22-18-30(19-23-34)28-10-14-32(15-11-28)42(44)50-38-8-3-6-36-40(38)41-37(49-27-5-26-48-36)7-4-9-39(41)51-43(45)33-16-12-29(13-17-33)31-20-24-35(47-2)25-21-31/h3-4,6-25H,5,26-27H2,1-2H3. The molecule has 0 aliphatic carbocycles. The van der Waals surface area contributed by atoms with Gasteiger partial charge in [0.2, 0.25) is 0 Å². The zero-order chi connectivity index (χ0) is 35.2. The molecule has 0 fully saturated rings. The Morgan fingerprint density at radius 2 is 0.824 bits per heavy atom. The number of rotatable bonds is 8. The molecule has 0 spiro atoms. The van der Waals surface area contributed by atoms with E-state index in [1.807, 2.05) is 72.8 Å². The summed E-state index contributed by atoms with van der Waals surface area (Å²) in [7, 11) is 3.25. The minimum Gasteiger partial charge on any atom is -0.497 e. The van der Waals surface area contributed by atoms with Crippen LogP contribution in [-0.2, 0) is 0 Å². The summed E-state index contributed by atoms with van der Waals surface area (Å²) in [5.41, 5.74) is 5.46. The minimum absolute atomic E-state index is 0.232. The molecule has 1 aliphatic heterocycles. The molecule has 0 aromatic heterocycles. The van der Waals surface area contributed by atoms with Crippen LogP contribution in [0.5, 0.6) is 34.5 Å². The Labute approximate surface area is 295 Å². The number of carbonyl (C=O) groups excluding carboxylic acids is 2. The van der Waals surface area contributed by atoms with Gasteiger partial charge in [-0.1, -0.05) is 60.7 Å². The van der Waals surface area contributed by atoms with Crippen LogP contribution in [0, 0.1) is 0 Å². The molecule has 0 bridgehead atoms. The predicted molar refractivity (Wildman–Crippen MR) is 194 cm³/mol. The molecule has 8 heteroatoms. The zero-order valence-electron chi connectivity index (χ0n) is 28.1. The highest BCUT2D eigenvalue weighted by atomic mass is 16.5. The first kappa shape index (κ1) is 33.0. The first-order valence-electron chi connectivity index (χ1n) is 16.5. The Balaban J connectivity index is 1.18. The van der Waals surface area contributed by atoms with E-state index in [2.05, 4.69) is 0 Å². The van der Waals surface area contributed by atoms with E-state index in [0.29, 0.717) is 53.4 Å². The molecule has 51 heavy (non-hydrogen) atoms. The molecule has 0 atom stereocenters. The highest BCUT2D eigenvalue weighted by Gasteiger charge is 2.26. The fourth-order valence-electron chi connectivity index (χ4n) is 5.83. The van der Waals surface area contributed by atoms with E-state index in [0.717, 1.165) is 33.8 Å². The molecule has 0 amide bonds. The Morgan fingerprint density at radius 3 is 1.18 bits per heavy atom. The van der Waals surface area contributed by atoms with E-state index < -0.39 is 11.9 Å². The third-order valence-electron chi connectivity index (χ3n) is 8.52. The molecule has 7 rings (SSSR count). The average Bonchev–Trinajstić information content (AvgIpc) is 3.28. The quantitative estimate of drug-likeness (QED) is 0.116. The predicted octanol–water partition coefficient (Wildman–Crippen LogP) is 9.30. The van der Waals surface area contributed by atoms with Crippen LogP contribution in [-0.4, -0.2) is 39.4 Å². The van der Waals surface area contributed by atoms with Crippen molar-refractivity contribution in [2.45, 2.75) is 6.42 Å². The van der Waals surface area contributed by atoms with Crippen molar-refractivity contribution in [3.63, 3.8) is 0 Å². The van der Waals surface area contributed by atoms with Crippen LogP contribution in [0.3, 0.4) is 0 Å². The number of fused-ring (bicyclic) bond motifs is 3. The van der Waals surface area contributed by atoms with Gasteiger partial charge in [-0.05, 0) is 95.1 Å². The van der Waals surface area contributed by atoms with Crippen LogP contribution in [0.2, 0.25) is 0 Å². The van der Waals surface area contributed by atoms with Gasteiger partial charge in [-0.15, -0.1) is 0 Å². The number of benzene rings is 6. The van der Waals surface area contributed by atoms with Crippen molar-refractivity contribution in [2.75, 3.05) is 27.4 Å². The van der Waals surface area contributed by atoms with Gasteiger partial charge in [0.1, 0.15) is 34.5 Å². The molecule has 254 valence electrons. The molecule has 8 nitrogen and oxygen atoms in total. The lowest BCUT2D eigenvalue weighted by atomic mass is 10.0. The van der Waals surface area contributed by atoms with Crippen molar-refractivity contribution in [2.24, 2.45) is 0 Å². The Hall–Kier alpha value is -6.54. The monoisotopic (exact) mass is 678 g/mol. The topological polar surface area (TPSA) is 89.5 Å². The van der Waals surface area contributed by atoms with E-state index in [9.17, 15) is 9.59 Å². The first-order chi connectivity index (χ1) is 25.0. The number of hydrogen-bond donors (Lipinski definition) is 0. The summed E-state index contributed by atoms with van der Waals surface area (Å²) >= 11 is 0. The summed E-state index contributed by atoms with van der Waals surface area (Å²) in [5, 5.41) is 0. The van der Waals surface area contributed by atoms with Gasteiger partial charge in [-0.2, -0.15) is 0 Å². The van der Waals surface area contributed by atoms with E-state index in [-0.39, 0.29) is 11.5 Å². The second kappa shape index (κ2) is 14.9. The molecule has 1 aliphatic rings. The lowest BCUT2D eigenvalue weighted by molar-refractivity contribution is 0.0722. The molecule has 0 saturated heterocycles. The molecule has 0 radical (unpaired) electrons. The Kier molecular flexibility index (Phi) is 9.65. The van der Waals surface area contributed by atoms with Gasteiger partial charge < -0.3 is 28.4 Å². The SMILES string of the molecule is COc1ccc(-c2ccc(C(=O)Oc3cccc4c3-c3c(cccc3OC(=O)c3ccc(-c5ccc(OC)cc5)cc3)OCCCO4)cc2)cc1. The smallest absolute Gasteiger partial charge is 0.343 e. The van der Waals surface area contributed by atoms with E-state index >= 15 is 0 Å². The normalized spacial score (nSPS) is 12.0. The third kappa shape index (κ3) is 7.26. The molecule has 6 aromatic carbocycles. The minimum atomic E-state index is -0.557.